The molecule has 1 heterocycles. The Hall–Kier alpha value is -0.930. The molecule has 0 bridgehead atoms. The third kappa shape index (κ3) is 3.58. The second kappa shape index (κ2) is 7.19. The molecule has 0 amide bonds. The van der Waals surface area contributed by atoms with Crippen LogP contribution in [0.25, 0.3) is 0 Å². The first kappa shape index (κ1) is 15.5. The van der Waals surface area contributed by atoms with Crippen molar-refractivity contribution in [2.45, 2.75) is 32.7 Å². The minimum atomic E-state index is 0.639. The van der Waals surface area contributed by atoms with Crippen LogP contribution in [0.4, 0.5) is 5.69 Å². The molecular weight excluding hydrogens is 272 g/mol. The quantitative estimate of drug-likeness (QED) is 0.899. The van der Waals surface area contributed by atoms with E-state index in [1.807, 2.05) is 12.1 Å². The van der Waals surface area contributed by atoms with E-state index in [0.29, 0.717) is 17.0 Å². The maximum Gasteiger partial charge on any atom is 0.139 e. The molecule has 1 aliphatic rings. The summed E-state index contributed by atoms with van der Waals surface area (Å²) < 4.78 is 5.31. The Labute approximate surface area is 127 Å². The van der Waals surface area contributed by atoms with Gasteiger partial charge in [-0.1, -0.05) is 25.4 Å². The Morgan fingerprint density at radius 3 is 2.90 bits per heavy atom. The zero-order valence-electron chi connectivity index (χ0n) is 12.7. The lowest BCUT2D eigenvalue weighted by Crippen LogP contribution is -2.48. The van der Waals surface area contributed by atoms with Gasteiger partial charge in [0.25, 0.3) is 0 Å². The van der Waals surface area contributed by atoms with Crippen molar-refractivity contribution < 1.29 is 4.74 Å². The van der Waals surface area contributed by atoms with Gasteiger partial charge in [0.1, 0.15) is 5.75 Å². The molecule has 0 radical (unpaired) electrons. The third-order valence-electron chi connectivity index (χ3n) is 4.06. The Morgan fingerprint density at radius 2 is 2.25 bits per heavy atom. The highest BCUT2D eigenvalue weighted by molar-refractivity contribution is 6.32. The van der Waals surface area contributed by atoms with E-state index in [0.717, 1.165) is 25.4 Å². The molecule has 1 saturated heterocycles. The van der Waals surface area contributed by atoms with Gasteiger partial charge in [0.15, 0.2) is 0 Å². The number of nitrogens with one attached hydrogen (secondary N) is 1. The van der Waals surface area contributed by atoms with Crippen LogP contribution >= 0.6 is 11.6 Å². The lowest BCUT2D eigenvalue weighted by molar-refractivity contribution is 0.322. The zero-order valence-corrected chi connectivity index (χ0v) is 13.4. The number of anilines is 1. The lowest BCUT2D eigenvalue weighted by Gasteiger charge is -2.39. The molecule has 112 valence electrons. The molecule has 1 aromatic carbocycles. The second-order valence-corrected chi connectivity index (χ2v) is 6.00. The molecule has 2 rings (SSSR count). The highest BCUT2D eigenvalue weighted by Gasteiger charge is 2.25. The van der Waals surface area contributed by atoms with Crippen LogP contribution in [0.5, 0.6) is 5.75 Å². The van der Waals surface area contributed by atoms with Crippen LogP contribution in [0.3, 0.4) is 0 Å². The smallest absolute Gasteiger partial charge is 0.139 e. The molecule has 0 aromatic heterocycles. The summed E-state index contributed by atoms with van der Waals surface area (Å²) in [4.78, 5) is 2.42. The fourth-order valence-electron chi connectivity index (χ4n) is 2.86. The number of methoxy groups -OCH3 is 1. The van der Waals surface area contributed by atoms with Crippen LogP contribution in [-0.2, 0) is 0 Å². The van der Waals surface area contributed by atoms with Gasteiger partial charge in [-0.25, -0.2) is 0 Å². The topological polar surface area (TPSA) is 24.5 Å². The molecule has 2 unspecified atom stereocenters. The van der Waals surface area contributed by atoms with Crippen molar-refractivity contribution >= 4 is 17.3 Å². The molecule has 0 spiro atoms. The summed E-state index contributed by atoms with van der Waals surface area (Å²) in [5, 5.41) is 4.32. The third-order valence-corrected chi connectivity index (χ3v) is 4.37. The van der Waals surface area contributed by atoms with E-state index in [4.69, 9.17) is 16.3 Å². The molecule has 4 heteroatoms. The number of benzene rings is 1. The molecular formula is C16H25ClN2O. The van der Waals surface area contributed by atoms with Gasteiger partial charge in [-0.3, -0.25) is 0 Å². The summed E-state index contributed by atoms with van der Waals surface area (Å²) in [5.41, 5.74) is 1.20. The number of piperidine rings is 1. The molecule has 1 aliphatic heterocycles. The van der Waals surface area contributed by atoms with Crippen LogP contribution in [0, 0.1) is 5.92 Å². The SMILES string of the molecule is CCCNC1CCN(c2ccc(Cl)c(OC)c2)CC1C. The monoisotopic (exact) mass is 296 g/mol. The first-order valence-electron chi connectivity index (χ1n) is 7.47. The Bertz CT molecular complexity index is 438. The lowest BCUT2D eigenvalue weighted by atomic mass is 9.93. The van der Waals surface area contributed by atoms with Gasteiger partial charge < -0.3 is 15.0 Å². The summed E-state index contributed by atoms with van der Waals surface area (Å²) >= 11 is 6.09. The molecule has 1 fully saturated rings. The van der Waals surface area contributed by atoms with Gasteiger partial charge in [-0.05, 0) is 37.4 Å². The minimum absolute atomic E-state index is 0.639. The molecule has 20 heavy (non-hydrogen) atoms. The first-order valence-corrected chi connectivity index (χ1v) is 7.85. The number of hydrogen-bond acceptors (Lipinski definition) is 3. The van der Waals surface area contributed by atoms with Crippen molar-refractivity contribution in [3.05, 3.63) is 23.2 Å². The Kier molecular flexibility index (Phi) is 5.55. The maximum atomic E-state index is 6.09. The highest BCUT2D eigenvalue weighted by atomic mass is 35.5. The molecule has 0 aliphatic carbocycles. The number of rotatable bonds is 5. The average Bonchev–Trinajstić information content (AvgIpc) is 2.46. The Balaban J connectivity index is 2.01. The minimum Gasteiger partial charge on any atom is -0.495 e. The van der Waals surface area contributed by atoms with Gasteiger partial charge in [0, 0.05) is 30.9 Å². The van der Waals surface area contributed by atoms with E-state index < -0.39 is 0 Å². The predicted molar refractivity (Wildman–Crippen MR) is 86.1 cm³/mol. The maximum absolute atomic E-state index is 6.09. The van der Waals surface area contributed by atoms with E-state index >= 15 is 0 Å². The van der Waals surface area contributed by atoms with E-state index in [2.05, 4.69) is 30.1 Å². The van der Waals surface area contributed by atoms with Crippen molar-refractivity contribution in [2.75, 3.05) is 31.6 Å². The van der Waals surface area contributed by atoms with Crippen LogP contribution in [0.15, 0.2) is 18.2 Å². The normalized spacial score (nSPS) is 22.9. The van der Waals surface area contributed by atoms with Crippen LogP contribution in [-0.4, -0.2) is 32.8 Å². The first-order chi connectivity index (χ1) is 9.65. The summed E-state index contributed by atoms with van der Waals surface area (Å²) in [6.07, 6.45) is 2.38. The predicted octanol–water partition coefficient (Wildman–Crippen LogP) is 3.56. The van der Waals surface area contributed by atoms with Gasteiger partial charge >= 0.3 is 0 Å². The molecule has 0 saturated carbocycles. The number of ether oxygens (including phenoxy) is 1. The highest BCUT2D eigenvalue weighted by Crippen LogP contribution is 2.31. The van der Waals surface area contributed by atoms with Crippen molar-refractivity contribution in [2.24, 2.45) is 5.92 Å². The Morgan fingerprint density at radius 1 is 1.45 bits per heavy atom. The van der Waals surface area contributed by atoms with Crippen molar-refractivity contribution in [1.29, 1.82) is 0 Å². The van der Waals surface area contributed by atoms with E-state index in [-0.39, 0.29) is 0 Å². The average molecular weight is 297 g/mol. The summed E-state index contributed by atoms with van der Waals surface area (Å²) in [7, 11) is 1.66. The van der Waals surface area contributed by atoms with Crippen LogP contribution in [0.2, 0.25) is 5.02 Å². The standard InChI is InChI=1S/C16H25ClN2O/c1-4-8-18-15-7-9-19(11-12(15)2)13-5-6-14(17)16(10-13)20-3/h5-6,10,12,15,18H,4,7-9,11H2,1-3H3. The number of nitrogens with zero attached hydrogens (tertiary/aromatic N) is 1. The molecule has 1 N–H and O–H groups in total. The van der Waals surface area contributed by atoms with Gasteiger partial charge in [0.05, 0.1) is 12.1 Å². The van der Waals surface area contributed by atoms with Gasteiger partial charge in [-0.2, -0.15) is 0 Å². The van der Waals surface area contributed by atoms with Crippen molar-refractivity contribution in [1.82, 2.24) is 5.32 Å². The second-order valence-electron chi connectivity index (χ2n) is 5.59. The zero-order chi connectivity index (χ0) is 14.5. The van der Waals surface area contributed by atoms with Crippen molar-refractivity contribution in [3.63, 3.8) is 0 Å². The van der Waals surface area contributed by atoms with Gasteiger partial charge in [-0.15, -0.1) is 0 Å². The summed E-state index contributed by atoms with van der Waals surface area (Å²) in [6, 6.07) is 6.68. The largest absolute Gasteiger partial charge is 0.495 e. The van der Waals surface area contributed by atoms with Crippen molar-refractivity contribution in [3.8, 4) is 5.75 Å². The fourth-order valence-corrected chi connectivity index (χ4v) is 3.05. The fraction of sp³-hybridized carbons (Fsp3) is 0.625. The van der Waals surface area contributed by atoms with Crippen LogP contribution < -0.4 is 15.0 Å². The number of halogens is 1. The summed E-state index contributed by atoms with van der Waals surface area (Å²) in [6.45, 7) is 7.81. The number of hydrogen-bond donors (Lipinski definition) is 1. The van der Waals surface area contributed by atoms with Crippen LogP contribution in [0.1, 0.15) is 26.7 Å². The molecule has 3 nitrogen and oxygen atoms in total. The molecule has 2 atom stereocenters. The molecule has 1 aromatic rings. The van der Waals surface area contributed by atoms with Gasteiger partial charge in [0.2, 0.25) is 0 Å². The summed E-state index contributed by atoms with van der Waals surface area (Å²) in [5.74, 6) is 1.40. The van der Waals surface area contributed by atoms with E-state index in [1.54, 1.807) is 7.11 Å². The van der Waals surface area contributed by atoms with E-state index in [1.165, 1.54) is 18.5 Å². The van der Waals surface area contributed by atoms with E-state index in [9.17, 15) is 0 Å².